The second kappa shape index (κ2) is 4.87. The van der Waals surface area contributed by atoms with Crippen LogP contribution in [0, 0.1) is 6.92 Å². The van der Waals surface area contributed by atoms with Crippen molar-refractivity contribution in [3.63, 3.8) is 0 Å². The highest BCUT2D eigenvalue weighted by atomic mass is 16.5. The summed E-state index contributed by atoms with van der Waals surface area (Å²) in [6.45, 7) is 1.78. The van der Waals surface area contributed by atoms with Gasteiger partial charge in [0, 0.05) is 24.9 Å². The molecule has 0 aliphatic carbocycles. The molecule has 0 amide bonds. The van der Waals surface area contributed by atoms with Crippen LogP contribution in [0.3, 0.4) is 0 Å². The van der Waals surface area contributed by atoms with Gasteiger partial charge in [0.1, 0.15) is 5.75 Å². The van der Waals surface area contributed by atoms with Crippen molar-refractivity contribution < 1.29 is 9.53 Å². The third kappa shape index (κ3) is 2.48. The fourth-order valence-electron chi connectivity index (χ4n) is 1.54. The van der Waals surface area contributed by atoms with Crippen LogP contribution in [0.25, 0.3) is 0 Å². The first-order chi connectivity index (χ1) is 8.58. The number of benzene rings is 1. The van der Waals surface area contributed by atoms with Crippen LogP contribution in [0.5, 0.6) is 5.75 Å². The zero-order valence-electron chi connectivity index (χ0n) is 10.2. The van der Waals surface area contributed by atoms with Crippen LogP contribution in [0.4, 0.5) is 0 Å². The van der Waals surface area contributed by atoms with Gasteiger partial charge in [0.2, 0.25) is 0 Å². The number of hydrogen-bond acceptors (Lipinski definition) is 3. The Hall–Kier alpha value is -2.36. The second-order valence-electron chi connectivity index (χ2n) is 3.99. The van der Waals surface area contributed by atoms with Gasteiger partial charge in [-0.3, -0.25) is 4.79 Å². The van der Waals surface area contributed by atoms with E-state index in [9.17, 15) is 9.59 Å². The fraction of sp³-hybridized carbons (Fsp3) is 0.143. The van der Waals surface area contributed by atoms with E-state index in [1.54, 1.807) is 44.3 Å². The molecule has 18 heavy (non-hydrogen) atoms. The molecule has 2 aromatic rings. The summed E-state index contributed by atoms with van der Waals surface area (Å²) in [5.41, 5.74) is 0.986. The Labute approximate surface area is 104 Å². The van der Waals surface area contributed by atoms with E-state index >= 15 is 0 Å². The van der Waals surface area contributed by atoms with E-state index in [0.717, 1.165) is 5.69 Å². The number of esters is 1. The van der Waals surface area contributed by atoms with Crippen molar-refractivity contribution in [2.24, 2.45) is 7.05 Å². The molecular weight excluding hydrogens is 230 g/mol. The lowest BCUT2D eigenvalue weighted by molar-refractivity contribution is 0.0734. The third-order valence-electron chi connectivity index (χ3n) is 2.70. The van der Waals surface area contributed by atoms with Gasteiger partial charge >= 0.3 is 5.97 Å². The largest absolute Gasteiger partial charge is 0.423 e. The zero-order valence-corrected chi connectivity index (χ0v) is 10.2. The van der Waals surface area contributed by atoms with Gasteiger partial charge in [-0.2, -0.15) is 0 Å². The average molecular weight is 243 g/mol. The molecule has 0 atom stereocenters. The van der Waals surface area contributed by atoms with Crippen LogP contribution < -0.4 is 10.3 Å². The molecule has 0 N–H and O–H groups in total. The van der Waals surface area contributed by atoms with Crippen LogP contribution in [-0.4, -0.2) is 10.5 Å². The summed E-state index contributed by atoms with van der Waals surface area (Å²) < 4.78 is 6.65. The molecule has 0 saturated carbocycles. The van der Waals surface area contributed by atoms with E-state index in [4.69, 9.17) is 4.74 Å². The number of ether oxygens (including phenoxy) is 1. The normalized spacial score (nSPS) is 10.1. The lowest BCUT2D eigenvalue weighted by atomic mass is 10.2. The molecule has 0 bridgehead atoms. The van der Waals surface area contributed by atoms with Crippen LogP contribution in [0.2, 0.25) is 0 Å². The Kier molecular flexibility index (Phi) is 3.28. The number of carbonyl (C=O) groups is 1. The average Bonchev–Trinajstić information content (AvgIpc) is 2.37. The van der Waals surface area contributed by atoms with Crippen LogP contribution in [-0.2, 0) is 7.05 Å². The molecule has 0 unspecified atom stereocenters. The molecular formula is C14H13NO3. The molecule has 4 heteroatoms. The summed E-state index contributed by atoms with van der Waals surface area (Å²) in [6, 6.07) is 11.6. The standard InChI is InChI=1S/C14H13NO3/c1-10-8-12(9-13(16)15(10)2)18-14(17)11-6-4-3-5-7-11/h3-9H,1-2H3. The second-order valence-corrected chi connectivity index (χ2v) is 3.99. The van der Waals surface area contributed by atoms with Crippen LogP contribution in [0.1, 0.15) is 16.1 Å². The van der Waals surface area contributed by atoms with Gasteiger partial charge in [0.25, 0.3) is 5.56 Å². The number of carbonyl (C=O) groups excluding carboxylic acids is 1. The molecule has 2 rings (SSSR count). The number of hydrogen-bond donors (Lipinski definition) is 0. The lowest BCUT2D eigenvalue weighted by Gasteiger charge is -2.07. The topological polar surface area (TPSA) is 48.3 Å². The van der Waals surface area contributed by atoms with Crippen molar-refractivity contribution in [1.29, 1.82) is 0 Å². The molecule has 0 aliphatic rings. The Morgan fingerprint density at radius 1 is 1.17 bits per heavy atom. The smallest absolute Gasteiger partial charge is 0.343 e. The monoisotopic (exact) mass is 243 g/mol. The molecule has 0 spiro atoms. The van der Waals surface area contributed by atoms with E-state index in [1.165, 1.54) is 10.6 Å². The Morgan fingerprint density at radius 2 is 1.83 bits per heavy atom. The Balaban J connectivity index is 2.25. The first kappa shape index (κ1) is 12.1. The van der Waals surface area contributed by atoms with Crippen molar-refractivity contribution in [2.45, 2.75) is 6.92 Å². The zero-order chi connectivity index (χ0) is 13.1. The molecule has 1 heterocycles. The maximum Gasteiger partial charge on any atom is 0.343 e. The predicted octanol–water partition coefficient (Wildman–Crippen LogP) is 1.91. The molecule has 0 saturated heterocycles. The maximum atomic E-state index is 11.8. The minimum atomic E-state index is -0.469. The molecule has 1 aromatic carbocycles. The van der Waals surface area contributed by atoms with Gasteiger partial charge in [-0.1, -0.05) is 18.2 Å². The third-order valence-corrected chi connectivity index (χ3v) is 2.70. The molecule has 0 radical (unpaired) electrons. The first-order valence-corrected chi connectivity index (χ1v) is 5.53. The number of aryl methyl sites for hydroxylation is 1. The summed E-state index contributed by atoms with van der Waals surface area (Å²) in [4.78, 5) is 23.3. The predicted molar refractivity (Wildman–Crippen MR) is 67.8 cm³/mol. The minimum absolute atomic E-state index is 0.203. The highest BCUT2D eigenvalue weighted by Crippen LogP contribution is 2.12. The van der Waals surface area contributed by atoms with Gasteiger partial charge in [-0.25, -0.2) is 4.79 Å². The molecule has 0 aliphatic heterocycles. The number of aromatic nitrogens is 1. The Bertz CT molecular complexity index is 629. The van der Waals surface area contributed by atoms with E-state index in [2.05, 4.69) is 0 Å². The van der Waals surface area contributed by atoms with Gasteiger partial charge in [-0.05, 0) is 19.1 Å². The number of pyridine rings is 1. The van der Waals surface area contributed by atoms with Gasteiger partial charge in [-0.15, -0.1) is 0 Å². The van der Waals surface area contributed by atoms with Crippen molar-refractivity contribution in [2.75, 3.05) is 0 Å². The minimum Gasteiger partial charge on any atom is -0.423 e. The number of nitrogens with zero attached hydrogens (tertiary/aromatic N) is 1. The summed E-state index contributed by atoms with van der Waals surface area (Å²) in [5, 5.41) is 0. The quantitative estimate of drug-likeness (QED) is 0.757. The Morgan fingerprint density at radius 3 is 2.44 bits per heavy atom. The van der Waals surface area contributed by atoms with Crippen molar-refractivity contribution in [3.05, 3.63) is 64.1 Å². The molecule has 92 valence electrons. The summed E-state index contributed by atoms with van der Waals surface area (Å²) in [5.74, 6) is -0.201. The van der Waals surface area contributed by atoms with E-state index in [0.29, 0.717) is 5.56 Å². The highest BCUT2D eigenvalue weighted by molar-refractivity contribution is 5.90. The van der Waals surface area contributed by atoms with Gasteiger partial charge in [0.05, 0.1) is 5.56 Å². The van der Waals surface area contributed by atoms with Crippen molar-refractivity contribution in [3.8, 4) is 5.75 Å². The fourth-order valence-corrected chi connectivity index (χ4v) is 1.54. The summed E-state index contributed by atoms with van der Waals surface area (Å²) in [7, 11) is 1.67. The van der Waals surface area contributed by atoms with E-state index in [1.807, 2.05) is 6.07 Å². The van der Waals surface area contributed by atoms with Gasteiger partial charge in [0.15, 0.2) is 0 Å². The maximum absolute atomic E-state index is 11.8. The van der Waals surface area contributed by atoms with Crippen LogP contribution in [0.15, 0.2) is 47.3 Å². The highest BCUT2D eigenvalue weighted by Gasteiger charge is 2.09. The van der Waals surface area contributed by atoms with Gasteiger partial charge < -0.3 is 9.30 Å². The van der Waals surface area contributed by atoms with E-state index < -0.39 is 5.97 Å². The summed E-state index contributed by atoms with van der Waals surface area (Å²) in [6.07, 6.45) is 0. The SMILES string of the molecule is Cc1cc(OC(=O)c2ccccc2)cc(=O)n1C. The van der Waals surface area contributed by atoms with Crippen molar-refractivity contribution in [1.82, 2.24) is 4.57 Å². The lowest BCUT2D eigenvalue weighted by Crippen LogP contribution is -2.19. The van der Waals surface area contributed by atoms with Crippen molar-refractivity contribution >= 4 is 5.97 Å². The molecule has 1 aromatic heterocycles. The van der Waals surface area contributed by atoms with E-state index in [-0.39, 0.29) is 11.3 Å². The molecule has 4 nitrogen and oxygen atoms in total. The summed E-state index contributed by atoms with van der Waals surface area (Å²) >= 11 is 0. The number of rotatable bonds is 2. The first-order valence-electron chi connectivity index (χ1n) is 5.53. The molecule has 0 fully saturated rings. The van der Waals surface area contributed by atoms with Crippen LogP contribution >= 0.6 is 0 Å².